The Morgan fingerprint density at radius 1 is 0.850 bits per heavy atom. The highest BCUT2D eigenvalue weighted by atomic mass is 16.5. The van der Waals surface area contributed by atoms with Crippen molar-refractivity contribution in [1.82, 2.24) is 4.40 Å². The van der Waals surface area contributed by atoms with Crippen LogP contribution in [0, 0.1) is 0 Å². The van der Waals surface area contributed by atoms with Gasteiger partial charge < -0.3 is 9.14 Å². The summed E-state index contributed by atoms with van der Waals surface area (Å²) in [5.41, 5.74) is 3.67. The maximum atomic E-state index is 5.38. The maximum Gasteiger partial charge on any atom is 0.0868 e. The van der Waals surface area contributed by atoms with Crippen molar-refractivity contribution in [3.63, 3.8) is 0 Å². The third-order valence-corrected chi connectivity index (χ3v) is 3.85. The molecule has 4 rings (SSSR count). The number of pyridine rings is 1. The summed E-state index contributed by atoms with van der Waals surface area (Å²) in [6.07, 6.45) is 0. The minimum Gasteiger partial charge on any atom is -0.378 e. The summed E-state index contributed by atoms with van der Waals surface area (Å²) in [6.45, 7) is 0.611. The lowest BCUT2D eigenvalue weighted by Crippen LogP contribution is -1.98. The quantitative estimate of drug-likeness (QED) is 0.521. The molecule has 0 atom stereocenters. The normalized spacial score (nSPS) is 11.7. The van der Waals surface area contributed by atoms with Crippen LogP contribution < -0.4 is 0 Å². The van der Waals surface area contributed by atoms with Gasteiger partial charge in [0.1, 0.15) is 0 Å². The Balaban J connectivity index is 2.26. The van der Waals surface area contributed by atoms with E-state index in [1.165, 1.54) is 32.9 Å². The molecular weight excluding hydrogens is 246 g/mol. The molecule has 0 radical (unpaired) electrons. The lowest BCUT2D eigenvalue weighted by Gasteiger charge is -2.10. The number of hydrogen-bond acceptors (Lipinski definition) is 1. The summed E-state index contributed by atoms with van der Waals surface area (Å²) in [5.74, 6) is 0. The van der Waals surface area contributed by atoms with E-state index < -0.39 is 0 Å². The number of methoxy groups -OCH3 is 1. The zero-order chi connectivity index (χ0) is 13.5. The number of aromatic nitrogens is 1. The molecule has 0 amide bonds. The highest BCUT2D eigenvalue weighted by Gasteiger charge is 2.10. The van der Waals surface area contributed by atoms with Crippen LogP contribution in [0.25, 0.3) is 27.2 Å². The Hall–Kier alpha value is -2.32. The Bertz CT molecular complexity index is 921. The molecule has 20 heavy (non-hydrogen) atoms. The highest BCUT2D eigenvalue weighted by Crippen LogP contribution is 2.29. The summed E-state index contributed by atoms with van der Waals surface area (Å²) in [5, 5.41) is 3.81. The van der Waals surface area contributed by atoms with Crippen molar-refractivity contribution in [2.75, 3.05) is 7.11 Å². The van der Waals surface area contributed by atoms with E-state index in [0.29, 0.717) is 6.61 Å². The van der Waals surface area contributed by atoms with E-state index in [0.717, 1.165) is 0 Å². The summed E-state index contributed by atoms with van der Waals surface area (Å²) in [4.78, 5) is 0. The first-order valence-electron chi connectivity index (χ1n) is 6.78. The largest absolute Gasteiger partial charge is 0.378 e. The van der Waals surface area contributed by atoms with Crippen molar-refractivity contribution in [2.45, 2.75) is 6.61 Å². The molecule has 0 aliphatic rings. The van der Waals surface area contributed by atoms with Gasteiger partial charge in [0.05, 0.1) is 17.6 Å². The van der Waals surface area contributed by atoms with Gasteiger partial charge in [-0.05, 0) is 23.6 Å². The summed E-state index contributed by atoms with van der Waals surface area (Å²) < 4.78 is 7.69. The lowest BCUT2D eigenvalue weighted by atomic mass is 10.1. The predicted molar refractivity (Wildman–Crippen MR) is 83.1 cm³/mol. The van der Waals surface area contributed by atoms with Gasteiger partial charge in [0, 0.05) is 23.6 Å². The van der Waals surface area contributed by atoms with Crippen molar-refractivity contribution in [1.29, 1.82) is 0 Å². The third-order valence-electron chi connectivity index (χ3n) is 3.85. The van der Waals surface area contributed by atoms with Crippen LogP contribution in [-0.2, 0) is 11.3 Å². The molecule has 2 aromatic heterocycles. The zero-order valence-corrected chi connectivity index (χ0v) is 11.3. The van der Waals surface area contributed by atoms with Gasteiger partial charge in [0.2, 0.25) is 0 Å². The number of benzene rings is 2. The molecule has 0 fully saturated rings. The van der Waals surface area contributed by atoms with Gasteiger partial charge in [-0.3, -0.25) is 0 Å². The predicted octanol–water partition coefficient (Wildman–Crippen LogP) is 4.39. The number of ether oxygens (including phenoxy) is 1. The van der Waals surface area contributed by atoms with Gasteiger partial charge in [0.25, 0.3) is 0 Å². The molecule has 0 unspecified atom stereocenters. The van der Waals surface area contributed by atoms with E-state index in [1.807, 2.05) is 0 Å². The van der Waals surface area contributed by atoms with Crippen LogP contribution in [0.4, 0.5) is 0 Å². The van der Waals surface area contributed by atoms with Crippen LogP contribution >= 0.6 is 0 Å². The van der Waals surface area contributed by atoms with Crippen LogP contribution in [0.1, 0.15) is 5.69 Å². The van der Waals surface area contributed by atoms with E-state index in [4.69, 9.17) is 4.74 Å². The van der Waals surface area contributed by atoms with Crippen molar-refractivity contribution < 1.29 is 4.74 Å². The molecule has 0 aliphatic heterocycles. The van der Waals surface area contributed by atoms with Crippen LogP contribution in [0.3, 0.4) is 0 Å². The fourth-order valence-electron chi connectivity index (χ4n) is 3.02. The van der Waals surface area contributed by atoms with Gasteiger partial charge >= 0.3 is 0 Å². The molecule has 2 heteroatoms. The Morgan fingerprint density at radius 3 is 2.45 bits per heavy atom. The van der Waals surface area contributed by atoms with E-state index in [-0.39, 0.29) is 0 Å². The number of fused-ring (bicyclic) bond motifs is 5. The molecule has 2 heterocycles. The summed E-state index contributed by atoms with van der Waals surface area (Å²) in [6, 6.07) is 21.5. The van der Waals surface area contributed by atoms with Crippen LogP contribution in [-0.4, -0.2) is 11.5 Å². The van der Waals surface area contributed by atoms with E-state index >= 15 is 0 Å². The van der Waals surface area contributed by atoms with Gasteiger partial charge in [-0.2, -0.15) is 0 Å². The Morgan fingerprint density at radius 2 is 1.60 bits per heavy atom. The van der Waals surface area contributed by atoms with Crippen molar-refractivity contribution >= 4 is 27.2 Å². The van der Waals surface area contributed by atoms with Crippen LogP contribution in [0.5, 0.6) is 0 Å². The number of rotatable bonds is 2. The molecular formula is C18H15NO. The first kappa shape index (κ1) is 11.5. The highest BCUT2D eigenvalue weighted by molar-refractivity contribution is 6.02. The standard InChI is InChI=1S/C18H15NO/c1-20-12-15-10-13-6-2-4-8-16(13)18-11-14-7-3-5-9-17(14)19(15)18/h2-11H,12H2,1H3. The average Bonchev–Trinajstić information content (AvgIpc) is 2.87. The number of para-hydroxylation sites is 1. The molecule has 98 valence electrons. The first-order valence-corrected chi connectivity index (χ1v) is 6.78. The zero-order valence-electron chi connectivity index (χ0n) is 11.3. The fraction of sp³-hybridized carbons (Fsp3) is 0.111. The van der Waals surface area contributed by atoms with E-state index in [2.05, 4.69) is 65.1 Å². The molecule has 0 saturated carbocycles. The van der Waals surface area contributed by atoms with E-state index in [1.54, 1.807) is 7.11 Å². The van der Waals surface area contributed by atoms with Crippen LogP contribution in [0.15, 0.2) is 60.7 Å². The Labute approximate surface area is 117 Å². The molecule has 4 aromatic rings. The molecule has 2 nitrogen and oxygen atoms in total. The smallest absolute Gasteiger partial charge is 0.0868 e. The third kappa shape index (κ3) is 1.55. The van der Waals surface area contributed by atoms with Gasteiger partial charge in [-0.1, -0.05) is 42.5 Å². The van der Waals surface area contributed by atoms with E-state index in [9.17, 15) is 0 Å². The summed E-state index contributed by atoms with van der Waals surface area (Å²) in [7, 11) is 1.74. The molecule has 2 aromatic carbocycles. The van der Waals surface area contributed by atoms with Crippen molar-refractivity contribution in [3.8, 4) is 0 Å². The summed E-state index contributed by atoms with van der Waals surface area (Å²) >= 11 is 0. The monoisotopic (exact) mass is 261 g/mol. The van der Waals surface area contributed by atoms with Crippen molar-refractivity contribution in [2.24, 2.45) is 0 Å². The second-order valence-electron chi connectivity index (χ2n) is 5.08. The molecule has 0 aliphatic carbocycles. The van der Waals surface area contributed by atoms with Crippen molar-refractivity contribution in [3.05, 3.63) is 66.4 Å². The Kier molecular flexibility index (Phi) is 2.51. The molecule has 0 bridgehead atoms. The molecule has 0 spiro atoms. The van der Waals surface area contributed by atoms with Gasteiger partial charge in [-0.15, -0.1) is 0 Å². The molecule has 0 N–H and O–H groups in total. The lowest BCUT2D eigenvalue weighted by molar-refractivity contribution is 0.181. The first-order chi connectivity index (χ1) is 9.88. The van der Waals surface area contributed by atoms with Crippen LogP contribution in [0.2, 0.25) is 0 Å². The minimum atomic E-state index is 0.611. The fourth-order valence-corrected chi connectivity index (χ4v) is 3.02. The minimum absolute atomic E-state index is 0.611. The second-order valence-corrected chi connectivity index (χ2v) is 5.08. The maximum absolute atomic E-state index is 5.38. The second kappa shape index (κ2) is 4.36. The number of nitrogens with zero attached hydrogens (tertiary/aromatic N) is 1. The SMILES string of the molecule is COCc1cc2ccccc2c2cc3ccccc3n12. The van der Waals surface area contributed by atoms with Gasteiger partial charge in [0.15, 0.2) is 0 Å². The molecule has 0 saturated heterocycles. The number of hydrogen-bond donors (Lipinski definition) is 0. The topological polar surface area (TPSA) is 13.6 Å². The van der Waals surface area contributed by atoms with Gasteiger partial charge in [-0.25, -0.2) is 0 Å². The average molecular weight is 261 g/mol.